The SMILES string of the molecule is CCCCCCC(NC)c1cccc(Br)c1C. The van der Waals surface area contributed by atoms with E-state index in [1.807, 2.05) is 0 Å². The Labute approximate surface area is 114 Å². The highest BCUT2D eigenvalue weighted by atomic mass is 79.9. The molecule has 0 aromatic heterocycles. The summed E-state index contributed by atoms with van der Waals surface area (Å²) in [5.41, 5.74) is 2.79. The van der Waals surface area contributed by atoms with Crippen molar-refractivity contribution in [2.24, 2.45) is 0 Å². The van der Waals surface area contributed by atoms with E-state index in [0.29, 0.717) is 6.04 Å². The molecule has 96 valence electrons. The normalized spacial score (nSPS) is 12.7. The van der Waals surface area contributed by atoms with Gasteiger partial charge >= 0.3 is 0 Å². The number of hydrogen-bond acceptors (Lipinski definition) is 1. The molecule has 2 heteroatoms. The number of benzene rings is 1. The second kappa shape index (κ2) is 7.88. The molecule has 0 aliphatic rings. The third-order valence-electron chi connectivity index (χ3n) is 3.38. The molecule has 0 saturated carbocycles. The minimum absolute atomic E-state index is 0.490. The number of rotatable bonds is 7. The van der Waals surface area contributed by atoms with Crippen molar-refractivity contribution < 1.29 is 0 Å². The predicted molar refractivity (Wildman–Crippen MR) is 79.4 cm³/mol. The quantitative estimate of drug-likeness (QED) is 0.699. The summed E-state index contributed by atoms with van der Waals surface area (Å²) in [4.78, 5) is 0. The molecule has 1 rings (SSSR count). The van der Waals surface area contributed by atoms with Gasteiger partial charge in [-0.25, -0.2) is 0 Å². The van der Waals surface area contributed by atoms with Crippen LogP contribution in [-0.4, -0.2) is 7.05 Å². The molecule has 0 bridgehead atoms. The van der Waals surface area contributed by atoms with Crippen molar-refractivity contribution in [1.29, 1.82) is 0 Å². The van der Waals surface area contributed by atoms with Crippen molar-refractivity contribution in [2.75, 3.05) is 7.05 Å². The van der Waals surface area contributed by atoms with Gasteiger partial charge in [-0.15, -0.1) is 0 Å². The van der Waals surface area contributed by atoms with E-state index in [1.165, 1.54) is 47.7 Å². The highest BCUT2D eigenvalue weighted by Gasteiger charge is 2.12. The summed E-state index contributed by atoms with van der Waals surface area (Å²) < 4.78 is 1.21. The van der Waals surface area contributed by atoms with E-state index in [4.69, 9.17) is 0 Å². The first-order chi connectivity index (χ1) is 8.20. The fourth-order valence-electron chi connectivity index (χ4n) is 2.23. The van der Waals surface area contributed by atoms with E-state index >= 15 is 0 Å². The summed E-state index contributed by atoms with van der Waals surface area (Å²) in [5, 5.41) is 3.44. The molecule has 1 N–H and O–H groups in total. The van der Waals surface area contributed by atoms with E-state index in [9.17, 15) is 0 Å². The molecule has 1 atom stereocenters. The van der Waals surface area contributed by atoms with Crippen molar-refractivity contribution in [3.8, 4) is 0 Å². The van der Waals surface area contributed by atoms with Gasteiger partial charge in [-0.3, -0.25) is 0 Å². The third kappa shape index (κ3) is 4.44. The molecule has 0 aliphatic carbocycles. The topological polar surface area (TPSA) is 12.0 Å². The van der Waals surface area contributed by atoms with Crippen LogP contribution in [0, 0.1) is 6.92 Å². The minimum Gasteiger partial charge on any atom is -0.313 e. The number of hydrogen-bond donors (Lipinski definition) is 1. The van der Waals surface area contributed by atoms with Crippen LogP contribution in [0.3, 0.4) is 0 Å². The van der Waals surface area contributed by atoms with Crippen LogP contribution < -0.4 is 5.32 Å². The second-order valence-electron chi connectivity index (χ2n) is 4.64. The zero-order chi connectivity index (χ0) is 12.7. The highest BCUT2D eigenvalue weighted by Crippen LogP contribution is 2.27. The maximum Gasteiger partial charge on any atom is 0.0320 e. The Bertz CT molecular complexity index is 336. The molecule has 0 aliphatic heterocycles. The highest BCUT2D eigenvalue weighted by molar-refractivity contribution is 9.10. The van der Waals surface area contributed by atoms with Crippen molar-refractivity contribution in [3.63, 3.8) is 0 Å². The van der Waals surface area contributed by atoms with E-state index in [-0.39, 0.29) is 0 Å². The van der Waals surface area contributed by atoms with Gasteiger partial charge in [0.25, 0.3) is 0 Å². The van der Waals surface area contributed by atoms with Gasteiger partial charge in [-0.2, -0.15) is 0 Å². The molecule has 0 amide bonds. The van der Waals surface area contributed by atoms with E-state index in [1.54, 1.807) is 0 Å². The summed E-state index contributed by atoms with van der Waals surface area (Å²) in [5.74, 6) is 0. The monoisotopic (exact) mass is 297 g/mol. The van der Waals surface area contributed by atoms with Crippen LogP contribution in [0.15, 0.2) is 22.7 Å². The molecular weight excluding hydrogens is 274 g/mol. The Morgan fingerprint density at radius 1 is 1.24 bits per heavy atom. The standard InChI is InChI=1S/C15H24BrN/c1-4-5-6-7-11-15(17-3)13-9-8-10-14(16)12(13)2/h8-10,15,17H,4-7,11H2,1-3H3. The Balaban J connectivity index is 2.63. The van der Waals surface area contributed by atoms with Crippen molar-refractivity contribution in [1.82, 2.24) is 5.32 Å². The lowest BCUT2D eigenvalue weighted by Gasteiger charge is -2.19. The van der Waals surface area contributed by atoms with Gasteiger partial charge in [-0.05, 0) is 37.6 Å². The molecule has 0 fully saturated rings. The van der Waals surface area contributed by atoms with Crippen LogP contribution in [0.1, 0.15) is 56.2 Å². The molecule has 0 heterocycles. The predicted octanol–water partition coefficient (Wildman–Crippen LogP) is 4.99. The zero-order valence-corrected chi connectivity index (χ0v) is 12.8. The molecular formula is C15H24BrN. The van der Waals surface area contributed by atoms with Crippen LogP contribution in [0.25, 0.3) is 0 Å². The van der Waals surface area contributed by atoms with E-state index < -0.39 is 0 Å². The second-order valence-corrected chi connectivity index (χ2v) is 5.50. The largest absolute Gasteiger partial charge is 0.313 e. The van der Waals surface area contributed by atoms with Crippen LogP contribution in [0.2, 0.25) is 0 Å². The first kappa shape index (κ1) is 14.7. The van der Waals surface area contributed by atoms with Gasteiger partial charge in [-0.1, -0.05) is 60.7 Å². The third-order valence-corrected chi connectivity index (χ3v) is 4.24. The Kier molecular flexibility index (Phi) is 6.83. The Hall–Kier alpha value is -0.340. The lowest BCUT2D eigenvalue weighted by molar-refractivity contribution is 0.503. The maximum atomic E-state index is 3.61. The molecule has 0 spiro atoms. The summed E-state index contributed by atoms with van der Waals surface area (Å²) in [7, 11) is 2.06. The maximum absolute atomic E-state index is 3.61. The van der Waals surface area contributed by atoms with Gasteiger partial charge in [0.05, 0.1) is 0 Å². The van der Waals surface area contributed by atoms with Crippen molar-refractivity contribution in [2.45, 2.75) is 52.0 Å². The molecule has 0 saturated heterocycles. The summed E-state index contributed by atoms with van der Waals surface area (Å²) in [6.45, 7) is 4.45. The molecule has 1 unspecified atom stereocenters. The zero-order valence-electron chi connectivity index (χ0n) is 11.2. The average molecular weight is 298 g/mol. The summed E-state index contributed by atoms with van der Waals surface area (Å²) >= 11 is 3.61. The van der Waals surface area contributed by atoms with Crippen LogP contribution in [0.5, 0.6) is 0 Å². The smallest absolute Gasteiger partial charge is 0.0320 e. The molecule has 1 nitrogen and oxygen atoms in total. The first-order valence-corrected chi connectivity index (χ1v) is 7.42. The van der Waals surface area contributed by atoms with Gasteiger partial charge in [0.15, 0.2) is 0 Å². The minimum atomic E-state index is 0.490. The van der Waals surface area contributed by atoms with E-state index in [2.05, 4.69) is 60.3 Å². The van der Waals surface area contributed by atoms with E-state index in [0.717, 1.165) is 0 Å². The van der Waals surface area contributed by atoms with Crippen molar-refractivity contribution >= 4 is 15.9 Å². The molecule has 1 aromatic carbocycles. The Morgan fingerprint density at radius 3 is 2.65 bits per heavy atom. The lowest BCUT2D eigenvalue weighted by atomic mass is 9.96. The number of unbranched alkanes of at least 4 members (excludes halogenated alkanes) is 3. The first-order valence-electron chi connectivity index (χ1n) is 6.63. The van der Waals surface area contributed by atoms with Crippen molar-refractivity contribution in [3.05, 3.63) is 33.8 Å². The fraction of sp³-hybridized carbons (Fsp3) is 0.600. The van der Waals surface area contributed by atoms with Gasteiger partial charge < -0.3 is 5.32 Å². The summed E-state index contributed by atoms with van der Waals surface area (Å²) in [6.07, 6.45) is 6.55. The molecule has 17 heavy (non-hydrogen) atoms. The molecule has 1 aromatic rings. The van der Waals surface area contributed by atoms with Crippen LogP contribution in [-0.2, 0) is 0 Å². The van der Waals surface area contributed by atoms with Crippen LogP contribution in [0.4, 0.5) is 0 Å². The Morgan fingerprint density at radius 2 is 2.00 bits per heavy atom. The van der Waals surface area contributed by atoms with Crippen LogP contribution >= 0.6 is 15.9 Å². The van der Waals surface area contributed by atoms with Gasteiger partial charge in [0, 0.05) is 10.5 Å². The summed E-state index contributed by atoms with van der Waals surface area (Å²) in [6, 6.07) is 6.97. The number of halogens is 1. The lowest BCUT2D eigenvalue weighted by Crippen LogP contribution is -2.17. The number of nitrogens with one attached hydrogen (secondary N) is 1. The fourth-order valence-corrected chi connectivity index (χ4v) is 2.61. The van der Waals surface area contributed by atoms with Gasteiger partial charge in [0.2, 0.25) is 0 Å². The van der Waals surface area contributed by atoms with Gasteiger partial charge in [0.1, 0.15) is 0 Å². The average Bonchev–Trinajstić information content (AvgIpc) is 2.34. The molecule has 0 radical (unpaired) electrons.